The summed E-state index contributed by atoms with van der Waals surface area (Å²) in [5.74, 6) is 0.0833. The van der Waals surface area contributed by atoms with Gasteiger partial charge in [0.05, 0.1) is 19.8 Å². The number of hydrogen-bond donors (Lipinski definition) is 4. The summed E-state index contributed by atoms with van der Waals surface area (Å²) in [5.41, 5.74) is -1.29. The number of amides is 1. The van der Waals surface area contributed by atoms with Crippen molar-refractivity contribution in [1.82, 2.24) is 5.32 Å². The number of aliphatic hydroxyl groups is 3. The van der Waals surface area contributed by atoms with Gasteiger partial charge in [0.1, 0.15) is 5.54 Å². The van der Waals surface area contributed by atoms with Crippen molar-refractivity contribution in [2.24, 2.45) is 11.8 Å². The SMILES string of the molecule is CC1CCCC1C(=O)NC(CO)(CO)CO. The molecule has 0 radical (unpaired) electrons. The van der Waals surface area contributed by atoms with Gasteiger partial charge in [-0.2, -0.15) is 0 Å². The predicted molar refractivity (Wildman–Crippen MR) is 58.6 cm³/mol. The molecule has 0 aliphatic heterocycles. The van der Waals surface area contributed by atoms with Crippen LogP contribution in [0.25, 0.3) is 0 Å². The van der Waals surface area contributed by atoms with Gasteiger partial charge in [-0.15, -0.1) is 0 Å². The Morgan fingerprint density at radius 2 is 1.81 bits per heavy atom. The molecule has 0 aromatic heterocycles. The van der Waals surface area contributed by atoms with Crippen LogP contribution in [0.15, 0.2) is 0 Å². The van der Waals surface area contributed by atoms with Crippen molar-refractivity contribution in [3.8, 4) is 0 Å². The average molecular weight is 231 g/mol. The monoisotopic (exact) mass is 231 g/mol. The second-order valence-electron chi connectivity index (χ2n) is 4.76. The average Bonchev–Trinajstić information content (AvgIpc) is 2.72. The Kier molecular flexibility index (Phi) is 4.70. The van der Waals surface area contributed by atoms with E-state index in [0.29, 0.717) is 5.92 Å². The van der Waals surface area contributed by atoms with Gasteiger partial charge in [-0.1, -0.05) is 13.3 Å². The third-order valence-corrected chi connectivity index (χ3v) is 3.49. The summed E-state index contributed by atoms with van der Waals surface area (Å²) in [7, 11) is 0. The van der Waals surface area contributed by atoms with Crippen molar-refractivity contribution in [1.29, 1.82) is 0 Å². The molecule has 0 aromatic carbocycles. The van der Waals surface area contributed by atoms with E-state index < -0.39 is 25.4 Å². The molecular weight excluding hydrogens is 210 g/mol. The van der Waals surface area contributed by atoms with E-state index in [2.05, 4.69) is 5.32 Å². The van der Waals surface area contributed by atoms with Gasteiger partial charge in [0.25, 0.3) is 0 Å². The Labute approximate surface area is 95.5 Å². The zero-order valence-corrected chi connectivity index (χ0v) is 9.65. The predicted octanol–water partition coefficient (Wildman–Crippen LogP) is -0.746. The van der Waals surface area contributed by atoms with Crippen LogP contribution in [0.1, 0.15) is 26.2 Å². The fourth-order valence-electron chi connectivity index (χ4n) is 2.16. The highest BCUT2D eigenvalue weighted by molar-refractivity contribution is 5.80. The van der Waals surface area contributed by atoms with Crippen molar-refractivity contribution in [2.45, 2.75) is 31.7 Å². The molecule has 5 heteroatoms. The summed E-state index contributed by atoms with van der Waals surface area (Å²) in [6.07, 6.45) is 2.90. The molecule has 1 saturated carbocycles. The maximum absolute atomic E-state index is 11.9. The third kappa shape index (κ3) is 2.72. The molecule has 1 amide bonds. The fraction of sp³-hybridized carbons (Fsp3) is 0.909. The molecule has 1 aliphatic rings. The highest BCUT2D eigenvalue weighted by atomic mass is 16.3. The number of nitrogens with one attached hydrogen (secondary N) is 1. The molecule has 5 nitrogen and oxygen atoms in total. The topological polar surface area (TPSA) is 89.8 Å². The van der Waals surface area contributed by atoms with Crippen LogP contribution in [0.3, 0.4) is 0 Å². The van der Waals surface area contributed by atoms with Gasteiger partial charge in [-0.3, -0.25) is 4.79 Å². The third-order valence-electron chi connectivity index (χ3n) is 3.49. The second kappa shape index (κ2) is 5.61. The van der Waals surface area contributed by atoms with Crippen LogP contribution in [-0.2, 0) is 4.79 Å². The number of carbonyl (C=O) groups excluding carboxylic acids is 1. The van der Waals surface area contributed by atoms with E-state index in [1.165, 1.54) is 0 Å². The first-order valence-electron chi connectivity index (χ1n) is 5.73. The highest BCUT2D eigenvalue weighted by Gasteiger charge is 2.36. The lowest BCUT2D eigenvalue weighted by atomic mass is 9.95. The summed E-state index contributed by atoms with van der Waals surface area (Å²) in [5, 5.41) is 29.9. The van der Waals surface area contributed by atoms with Gasteiger partial charge >= 0.3 is 0 Å². The van der Waals surface area contributed by atoms with Crippen LogP contribution in [0.5, 0.6) is 0 Å². The number of carbonyl (C=O) groups is 1. The summed E-state index contributed by atoms with van der Waals surface area (Å²) < 4.78 is 0. The molecule has 1 aliphatic carbocycles. The maximum atomic E-state index is 11.9. The number of hydrogen-bond acceptors (Lipinski definition) is 4. The molecule has 2 atom stereocenters. The molecule has 1 fully saturated rings. The van der Waals surface area contributed by atoms with Crippen molar-refractivity contribution in [2.75, 3.05) is 19.8 Å². The van der Waals surface area contributed by atoms with Crippen molar-refractivity contribution < 1.29 is 20.1 Å². The van der Waals surface area contributed by atoms with E-state index in [4.69, 9.17) is 15.3 Å². The van der Waals surface area contributed by atoms with Crippen LogP contribution < -0.4 is 5.32 Å². The Hall–Kier alpha value is -0.650. The largest absolute Gasteiger partial charge is 0.394 e. The lowest BCUT2D eigenvalue weighted by Crippen LogP contribution is -2.58. The van der Waals surface area contributed by atoms with E-state index in [9.17, 15) is 4.79 Å². The number of aliphatic hydroxyl groups excluding tert-OH is 3. The van der Waals surface area contributed by atoms with Crippen LogP contribution in [-0.4, -0.2) is 46.6 Å². The van der Waals surface area contributed by atoms with E-state index in [-0.39, 0.29) is 11.8 Å². The first-order chi connectivity index (χ1) is 7.58. The van der Waals surface area contributed by atoms with Crippen LogP contribution in [0.4, 0.5) is 0 Å². The molecule has 94 valence electrons. The Morgan fingerprint density at radius 3 is 2.19 bits per heavy atom. The summed E-state index contributed by atoms with van der Waals surface area (Å²) in [4.78, 5) is 11.9. The van der Waals surface area contributed by atoms with E-state index in [1.54, 1.807) is 0 Å². The summed E-state index contributed by atoms with van der Waals surface area (Å²) in [6.45, 7) is 0.627. The lowest BCUT2D eigenvalue weighted by molar-refractivity contribution is -0.130. The quantitative estimate of drug-likeness (QED) is 0.501. The summed E-state index contributed by atoms with van der Waals surface area (Å²) in [6, 6.07) is 0. The van der Waals surface area contributed by atoms with Gasteiger partial charge in [0.15, 0.2) is 0 Å². The van der Waals surface area contributed by atoms with E-state index in [0.717, 1.165) is 19.3 Å². The Bertz CT molecular complexity index is 232. The minimum Gasteiger partial charge on any atom is -0.394 e. The van der Waals surface area contributed by atoms with Crippen LogP contribution in [0.2, 0.25) is 0 Å². The van der Waals surface area contributed by atoms with Gasteiger partial charge < -0.3 is 20.6 Å². The highest BCUT2D eigenvalue weighted by Crippen LogP contribution is 2.31. The maximum Gasteiger partial charge on any atom is 0.224 e. The molecule has 0 heterocycles. The van der Waals surface area contributed by atoms with Crippen LogP contribution in [0, 0.1) is 11.8 Å². The standard InChI is InChI=1S/C11H21NO4/c1-8-3-2-4-9(8)10(16)12-11(5-13,6-14)7-15/h8-9,13-15H,2-7H2,1H3,(H,12,16). The molecule has 0 saturated heterocycles. The smallest absolute Gasteiger partial charge is 0.224 e. The minimum absolute atomic E-state index is 0.0657. The molecule has 2 unspecified atom stereocenters. The van der Waals surface area contributed by atoms with E-state index >= 15 is 0 Å². The molecule has 1 rings (SSSR count). The molecule has 0 aromatic rings. The minimum atomic E-state index is -1.29. The van der Waals surface area contributed by atoms with Gasteiger partial charge in [0, 0.05) is 5.92 Å². The van der Waals surface area contributed by atoms with Gasteiger partial charge in [0.2, 0.25) is 5.91 Å². The van der Waals surface area contributed by atoms with Crippen molar-refractivity contribution in [3.63, 3.8) is 0 Å². The molecule has 16 heavy (non-hydrogen) atoms. The zero-order valence-electron chi connectivity index (χ0n) is 9.65. The van der Waals surface area contributed by atoms with E-state index in [1.807, 2.05) is 6.92 Å². The lowest BCUT2D eigenvalue weighted by Gasteiger charge is -2.30. The van der Waals surface area contributed by atoms with Gasteiger partial charge in [-0.05, 0) is 18.8 Å². The summed E-state index contributed by atoms with van der Waals surface area (Å²) >= 11 is 0. The normalized spacial score (nSPS) is 25.8. The van der Waals surface area contributed by atoms with Crippen molar-refractivity contribution in [3.05, 3.63) is 0 Å². The molecule has 0 bridgehead atoms. The second-order valence-corrected chi connectivity index (χ2v) is 4.76. The molecule has 4 N–H and O–H groups in total. The Balaban J connectivity index is 2.61. The molecule has 0 spiro atoms. The van der Waals surface area contributed by atoms with Gasteiger partial charge in [-0.25, -0.2) is 0 Å². The number of rotatable bonds is 5. The first kappa shape index (κ1) is 13.4. The fourth-order valence-corrected chi connectivity index (χ4v) is 2.16. The Morgan fingerprint density at radius 1 is 1.25 bits per heavy atom. The first-order valence-corrected chi connectivity index (χ1v) is 5.73. The van der Waals surface area contributed by atoms with Crippen molar-refractivity contribution >= 4 is 5.91 Å². The zero-order chi connectivity index (χ0) is 12.2. The van der Waals surface area contributed by atoms with Crippen LogP contribution >= 0.6 is 0 Å². The molecular formula is C11H21NO4.